The van der Waals surface area contributed by atoms with E-state index in [1.165, 1.54) is 0 Å². The summed E-state index contributed by atoms with van der Waals surface area (Å²) in [5.74, 6) is -0.275. The first kappa shape index (κ1) is 13.0. The third kappa shape index (κ3) is 4.61. The lowest BCUT2D eigenvalue weighted by atomic mass is 9.75. The van der Waals surface area contributed by atoms with Crippen LogP contribution < -0.4 is 16.8 Å². The van der Waals surface area contributed by atoms with Crippen molar-refractivity contribution in [3.8, 4) is 0 Å². The van der Waals surface area contributed by atoms with E-state index < -0.39 is 0 Å². The highest BCUT2D eigenvalue weighted by atomic mass is 16.2. The average molecular weight is 227 g/mol. The molecule has 0 spiro atoms. The maximum Gasteiger partial charge on any atom is 0.221 e. The molecule has 1 aliphatic carbocycles. The Hall–Kier alpha value is -1.10. The van der Waals surface area contributed by atoms with Crippen LogP contribution in [-0.2, 0) is 9.59 Å². The molecule has 2 amide bonds. The van der Waals surface area contributed by atoms with Crippen LogP contribution in [0.2, 0.25) is 0 Å². The van der Waals surface area contributed by atoms with Gasteiger partial charge in [-0.3, -0.25) is 9.59 Å². The first-order chi connectivity index (χ1) is 7.52. The predicted molar refractivity (Wildman–Crippen MR) is 61.4 cm³/mol. The van der Waals surface area contributed by atoms with Crippen LogP contribution in [0.15, 0.2) is 0 Å². The van der Waals surface area contributed by atoms with Gasteiger partial charge in [0.25, 0.3) is 0 Å². The van der Waals surface area contributed by atoms with Crippen molar-refractivity contribution in [3.63, 3.8) is 0 Å². The van der Waals surface area contributed by atoms with Gasteiger partial charge < -0.3 is 16.8 Å². The van der Waals surface area contributed by atoms with E-state index in [2.05, 4.69) is 5.32 Å². The molecule has 0 radical (unpaired) electrons. The quantitative estimate of drug-likeness (QED) is 0.535. The van der Waals surface area contributed by atoms with E-state index in [0.717, 1.165) is 32.1 Å². The summed E-state index contributed by atoms with van der Waals surface area (Å²) in [7, 11) is 0. The molecular weight excluding hydrogens is 206 g/mol. The number of nitrogens with two attached hydrogens (primary N) is 2. The fraction of sp³-hybridized carbons (Fsp3) is 0.818. The number of hydrogen-bond donors (Lipinski definition) is 3. The number of hydrogen-bond acceptors (Lipinski definition) is 3. The number of amides is 2. The zero-order valence-electron chi connectivity index (χ0n) is 9.63. The molecule has 5 heteroatoms. The van der Waals surface area contributed by atoms with Crippen LogP contribution in [0, 0.1) is 0 Å². The van der Waals surface area contributed by atoms with E-state index in [4.69, 9.17) is 11.5 Å². The van der Waals surface area contributed by atoms with Crippen LogP contribution in [-0.4, -0.2) is 23.9 Å². The van der Waals surface area contributed by atoms with Crippen LogP contribution in [0.5, 0.6) is 0 Å². The minimum absolute atomic E-state index is 0.0151. The summed E-state index contributed by atoms with van der Waals surface area (Å²) < 4.78 is 0. The van der Waals surface area contributed by atoms with Crippen molar-refractivity contribution in [1.82, 2.24) is 5.32 Å². The second kappa shape index (κ2) is 5.84. The molecule has 0 atom stereocenters. The van der Waals surface area contributed by atoms with Gasteiger partial charge in [-0.25, -0.2) is 0 Å². The first-order valence-electron chi connectivity index (χ1n) is 5.86. The van der Waals surface area contributed by atoms with Crippen LogP contribution in [0.25, 0.3) is 0 Å². The van der Waals surface area contributed by atoms with E-state index in [-0.39, 0.29) is 17.4 Å². The molecule has 0 aromatic rings. The highest BCUT2D eigenvalue weighted by Crippen LogP contribution is 2.31. The topological polar surface area (TPSA) is 98.2 Å². The molecule has 0 aromatic heterocycles. The Morgan fingerprint density at radius 3 is 2.44 bits per heavy atom. The highest BCUT2D eigenvalue weighted by Gasteiger charge is 2.34. The SMILES string of the molecule is NC(=O)CCCCNC(=O)CC1(N)CCC1. The van der Waals surface area contributed by atoms with Crippen molar-refractivity contribution in [2.24, 2.45) is 11.5 Å². The van der Waals surface area contributed by atoms with Crippen molar-refractivity contribution in [2.75, 3.05) is 6.54 Å². The maximum absolute atomic E-state index is 11.5. The molecular formula is C11H21N3O2. The van der Waals surface area contributed by atoms with Crippen molar-refractivity contribution < 1.29 is 9.59 Å². The Labute approximate surface area is 95.9 Å². The largest absolute Gasteiger partial charge is 0.370 e. The average Bonchev–Trinajstić information content (AvgIpc) is 2.14. The number of unbranched alkanes of at least 4 members (excludes halogenated alkanes) is 1. The van der Waals surface area contributed by atoms with E-state index in [1.54, 1.807) is 0 Å². The third-order valence-electron chi connectivity index (χ3n) is 3.03. The van der Waals surface area contributed by atoms with Crippen LogP contribution in [0.4, 0.5) is 0 Å². The number of rotatable bonds is 7. The van der Waals surface area contributed by atoms with Crippen LogP contribution >= 0.6 is 0 Å². The van der Waals surface area contributed by atoms with E-state index in [1.807, 2.05) is 0 Å². The molecule has 1 fully saturated rings. The van der Waals surface area contributed by atoms with Gasteiger partial charge in [0.1, 0.15) is 0 Å². The van der Waals surface area contributed by atoms with Crippen molar-refractivity contribution in [1.29, 1.82) is 0 Å². The summed E-state index contributed by atoms with van der Waals surface area (Å²) in [6, 6.07) is 0. The summed E-state index contributed by atoms with van der Waals surface area (Å²) in [6.45, 7) is 0.599. The molecule has 1 rings (SSSR count). The molecule has 0 bridgehead atoms. The van der Waals surface area contributed by atoms with Gasteiger partial charge in [-0.1, -0.05) is 0 Å². The van der Waals surface area contributed by atoms with E-state index in [0.29, 0.717) is 19.4 Å². The summed E-state index contributed by atoms with van der Waals surface area (Å²) in [5.41, 5.74) is 10.7. The van der Waals surface area contributed by atoms with Gasteiger partial charge in [0.2, 0.25) is 11.8 Å². The number of carbonyl (C=O) groups excluding carboxylic acids is 2. The second-order valence-electron chi connectivity index (χ2n) is 4.67. The molecule has 0 aliphatic heterocycles. The molecule has 5 nitrogen and oxygen atoms in total. The minimum Gasteiger partial charge on any atom is -0.370 e. The molecule has 1 aliphatic rings. The van der Waals surface area contributed by atoms with E-state index in [9.17, 15) is 9.59 Å². The van der Waals surface area contributed by atoms with Crippen molar-refractivity contribution in [3.05, 3.63) is 0 Å². The third-order valence-corrected chi connectivity index (χ3v) is 3.03. The van der Waals surface area contributed by atoms with Gasteiger partial charge in [-0.2, -0.15) is 0 Å². The molecule has 1 saturated carbocycles. The molecule has 0 aromatic carbocycles. The lowest BCUT2D eigenvalue weighted by molar-refractivity contribution is -0.123. The van der Waals surface area contributed by atoms with Gasteiger partial charge in [0.15, 0.2) is 0 Å². The summed E-state index contributed by atoms with van der Waals surface area (Å²) in [5, 5.41) is 2.81. The zero-order valence-corrected chi connectivity index (χ0v) is 9.63. The van der Waals surface area contributed by atoms with Crippen molar-refractivity contribution >= 4 is 11.8 Å². The molecule has 0 saturated heterocycles. The van der Waals surface area contributed by atoms with Gasteiger partial charge in [0.05, 0.1) is 0 Å². The zero-order chi connectivity index (χ0) is 12.0. The minimum atomic E-state index is -0.290. The van der Waals surface area contributed by atoms with Crippen molar-refractivity contribution in [2.45, 2.75) is 50.5 Å². The fourth-order valence-electron chi connectivity index (χ4n) is 1.84. The maximum atomic E-state index is 11.5. The van der Waals surface area contributed by atoms with Gasteiger partial charge in [-0.15, -0.1) is 0 Å². The van der Waals surface area contributed by atoms with E-state index >= 15 is 0 Å². The molecule has 0 heterocycles. The van der Waals surface area contributed by atoms with Crippen LogP contribution in [0.3, 0.4) is 0 Å². The fourth-order valence-corrected chi connectivity index (χ4v) is 1.84. The summed E-state index contributed by atoms with van der Waals surface area (Å²) in [4.78, 5) is 21.9. The van der Waals surface area contributed by atoms with Crippen LogP contribution in [0.1, 0.15) is 44.9 Å². The Morgan fingerprint density at radius 2 is 1.94 bits per heavy atom. The lowest BCUT2D eigenvalue weighted by Gasteiger charge is -2.37. The standard InChI is InChI=1S/C11H21N3O2/c12-9(15)4-1-2-7-14-10(16)8-11(13)5-3-6-11/h1-8,13H2,(H2,12,15)(H,14,16). The summed E-state index contributed by atoms with van der Waals surface area (Å²) >= 11 is 0. The highest BCUT2D eigenvalue weighted by molar-refractivity contribution is 5.77. The normalized spacial score (nSPS) is 17.6. The molecule has 16 heavy (non-hydrogen) atoms. The first-order valence-corrected chi connectivity index (χ1v) is 5.86. The van der Waals surface area contributed by atoms with Gasteiger partial charge in [-0.05, 0) is 32.1 Å². The Balaban J connectivity index is 2.00. The van der Waals surface area contributed by atoms with Gasteiger partial charge >= 0.3 is 0 Å². The Kier molecular flexibility index (Phi) is 4.73. The molecule has 0 unspecified atom stereocenters. The monoisotopic (exact) mass is 227 g/mol. The number of carbonyl (C=O) groups is 2. The Bertz CT molecular complexity index is 262. The lowest BCUT2D eigenvalue weighted by Crippen LogP contribution is -2.50. The summed E-state index contributed by atoms with van der Waals surface area (Å²) in [6.07, 6.45) is 5.34. The predicted octanol–water partition coefficient (Wildman–Crippen LogP) is 0.0297. The molecule has 5 N–H and O–H groups in total. The smallest absolute Gasteiger partial charge is 0.221 e. The van der Waals surface area contributed by atoms with Gasteiger partial charge in [0, 0.05) is 24.9 Å². The Morgan fingerprint density at radius 1 is 1.25 bits per heavy atom. The number of nitrogens with one attached hydrogen (secondary N) is 1. The second-order valence-corrected chi connectivity index (χ2v) is 4.67. The number of primary amides is 1. The molecule has 92 valence electrons.